The lowest BCUT2D eigenvalue weighted by molar-refractivity contribution is 0.544. The van der Waals surface area contributed by atoms with Crippen molar-refractivity contribution in [3.05, 3.63) is 10.7 Å². The monoisotopic (exact) mass is 272 g/mol. The third-order valence-electron chi connectivity index (χ3n) is 2.31. The van der Waals surface area contributed by atoms with E-state index in [1.807, 2.05) is 0 Å². The van der Waals surface area contributed by atoms with Gasteiger partial charge in [-0.2, -0.15) is 4.98 Å². The van der Waals surface area contributed by atoms with Gasteiger partial charge >= 0.3 is 0 Å². The van der Waals surface area contributed by atoms with E-state index >= 15 is 0 Å². The Balaban J connectivity index is 2.93. The Morgan fingerprint density at radius 2 is 2.13 bits per heavy atom. The van der Waals surface area contributed by atoms with E-state index in [-0.39, 0.29) is 5.54 Å². The Kier molecular flexibility index (Phi) is 3.90. The van der Waals surface area contributed by atoms with Crippen LogP contribution in [-0.2, 0) is 0 Å². The molecular weight excluding hydrogens is 256 g/mol. The van der Waals surface area contributed by atoms with Crippen LogP contribution in [0.5, 0.6) is 0 Å². The quantitative estimate of drug-likeness (QED) is 0.885. The van der Waals surface area contributed by atoms with Crippen molar-refractivity contribution in [2.75, 3.05) is 17.7 Å². The zero-order valence-electron chi connectivity index (χ0n) is 9.56. The van der Waals surface area contributed by atoms with E-state index in [4.69, 9.17) is 0 Å². The smallest absolute Gasteiger partial charge is 0.224 e. The summed E-state index contributed by atoms with van der Waals surface area (Å²) in [5, 5.41) is 6.29. The summed E-state index contributed by atoms with van der Waals surface area (Å²) in [7, 11) is 1.80. The second-order valence-electron chi connectivity index (χ2n) is 4.00. The first kappa shape index (κ1) is 12.2. The maximum atomic E-state index is 4.34. The summed E-state index contributed by atoms with van der Waals surface area (Å²) in [6.45, 7) is 6.42. The molecule has 0 amide bonds. The third-order valence-corrected chi connectivity index (χ3v) is 2.89. The minimum absolute atomic E-state index is 0.0296. The summed E-state index contributed by atoms with van der Waals surface area (Å²) in [6.07, 6.45) is 2.77. The molecule has 0 radical (unpaired) electrons. The molecule has 0 aliphatic heterocycles. The Hall–Kier alpha value is -0.840. The predicted molar refractivity (Wildman–Crippen MR) is 67.3 cm³/mol. The lowest BCUT2D eigenvalue weighted by atomic mass is 10.0. The number of rotatable bonds is 4. The Morgan fingerprint density at radius 1 is 1.47 bits per heavy atom. The van der Waals surface area contributed by atoms with Gasteiger partial charge in [-0.25, -0.2) is 4.98 Å². The van der Waals surface area contributed by atoms with Crippen molar-refractivity contribution in [1.82, 2.24) is 9.97 Å². The fourth-order valence-corrected chi connectivity index (χ4v) is 1.27. The van der Waals surface area contributed by atoms with Crippen molar-refractivity contribution in [1.29, 1.82) is 0 Å². The minimum atomic E-state index is 0.0296. The fourth-order valence-electron chi connectivity index (χ4n) is 0.984. The van der Waals surface area contributed by atoms with Gasteiger partial charge in [0.2, 0.25) is 5.95 Å². The number of nitrogens with zero attached hydrogens (tertiary/aromatic N) is 2. The van der Waals surface area contributed by atoms with Gasteiger partial charge in [-0.05, 0) is 36.2 Å². The van der Waals surface area contributed by atoms with Crippen LogP contribution in [0.15, 0.2) is 10.7 Å². The highest BCUT2D eigenvalue weighted by Crippen LogP contribution is 2.24. The van der Waals surface area contributed by atoms with E-state index < -0.39 is 0 Å². The molecule has 1 heterocycles. The molecule has 0 fully saturated rings. The lowest BCUT2D eigenvalue weighted by Crippen LogP contribution is -2.30. The highest BCUT2D eigenvalue weighted by Gasteiger charge is 2.17. The second kappa shape index (κ2) is 4.79. The summed E-state index contributed by atoms with van der Waals surface area (Å²) in [4.78, 5) is 8.45. The van der Waals surface area contributed by atoms with Gasteiger partial charge in [-0.1, -0.05) is 6.92 Å². The zero-order chi connectivity index (χ0) is 11.5. The van der Waals surface area contributed by atoms with Gasteiger partial charge in [0.15, 0.2) is 0 Å². The molecule has 2 N–H and O–H groups in total. The van der Waals surface area contributed by atoms with Gasteiger partial charge in [0, 0.05) is 18.8 Å². The van der Waals surface area contributed by atoms with Gasteiger partial charge in [-0.3, -0.25) is 0 Å². The van der Waals surface area contributed by atoms with Crippen LogP contribution in [0.25, 0.3) is 0 Å². The molecule has 1 aromatic rings. The van der Waals surface area contributed by atoms with E-state index in [0.717, 1.165) is 16.7 Å². The number of anilines is 2. The number of hydrogen-bond donors (Lipinski definition) is 2. The molecule has 1 rings (SSSR count). The average molecular weight is 273 g/mol. The summed E-state index contributed by atoms with van der Waals surface area (Å²) >= 11 is 3.43. The van der Waals surface area contributed by atoms with Crippen LogP contribution >= 0.6 is 15.9 Å². The van der Waals surface area contributed by atoms with Crippen LogP contribution in [-0.4, -0.2) is 22.6 Å². The molecule has 1 aromatic heterocycles. The Morgan fingerprint density at radius 3 is 2.67 bits per heavy atom. The van der Waals surface area contributed by atoms with E-state index in [9.17, 15) is 0 Å². The van der Waals surface area contributed by atoms with Crippen LogP contribution in [0.2, 0.25) is 0 Å². The SMILES string of the molecule is CCC(C)(C)Nc1nc(NC)ncc1Br. The maximum absolute atomic E-state index is 4.34. The Labute approximate surface area is 99.0 Å². The molecule has 5 heteroatoms. The first-order valence-corrected chi connectivity index (χ1v) is 5.76. The van der Waals surface area contributed by atoms with Crippen molar-refractivity contribution in [3.63, 3.8) is 0 Å². The van der Waals surface area contributed by atoms with Crippen LogP contribution in [0.3, 0.4) is 0 Å². The van der Waals surface area contributed by atoms with E-state index in [1.54, 1.807) is 13.2 Å². The van der Waals surface area contributed by atoms with E-state index in [1.165, 1.54) is 0 Å². The summed E-state index contributed by atoms with van der Waals surface area (Å²) in [5.41, 5.74) is 0.0296. The molecule has 0 unspecified atom stereocenters. The van der Waals surface area contributed by atoms with Gasteiger partial charge in [-0.15, -0.1) is 0 Å². The lowest BCUT2D eigenvalue weighted by Gasteiger charge is -2.25. The van der Waals surface area contributed by atoms with Gasteiger partial charge in [0.25, 0.3) is 0 Å². The number of nitrogens with one attached hydrogen (secondary N) is 2. The zero-order valence-corrected chi connectivity index (χ0v) is 11.1. The van der Waals surface area contributed by atoms with E-state index in [0.29, 0.717) is 5.95 Å². The van der Waals surface area contributed by atoms with Gasteiger partial charge < -0.3 is 10.6 Å². The standard InChI is InChI=1S/C10H17BrN4/c1-5-10(2,3)15-8-7(11)6-13-9(12-4)14-8/h6H,5H2,1-4H3,(H2,12,13,14,15). The molecule has 0 saturated heterocycles. The topological polar surface area (TPSA) is 49.8 Å². The molecule has 0 bridgehead atoms. The summed E-state index contributed by atoms with van der Waals surface area (Å²) in [5.74, 6) is 1.44. The fraction of sp³-hybridized carbons (Fsp3) is 0.600. The largest absolute Gasteiger partial charge is 0.364 e. The molecule has 4 nitrogen and oxygen atoms in total. The van der Waals surface area contributed by atoms with Crippen molar-refractivity contribution in [2.45, 2.75) is 32.7 Å². The normalized spacial score (nSPS) is 11.3. The minimum Gasteiger partial charge on any atom is -0.364 e. The molecular formula is C10H17BrN4. The summed E-state index contributed by atoms with van der Waals surface area (Å²) < 4.78 is 0.878. The maximum Gasteiger partial charge on any atom is 0.224 e. The number of hydrogen-bond acceptors (Lipinski definition) is 4. The molecule has 0 aromatic carbocycles. The van der Waals surface area contributed by atoms with Crippen molar-refractivity contribution in [3.8, 4) is 0 Å². The molecule has 0 saturated carbocycles. The molecule has 0 atom stereocenters. The van der Waals surface area contributed by atoms with Crippen LogP contribution in [0, 0.1) is 0 Å². The molecule has 0 aliphatic carbocycles. The molecule has 84 valence electrons. The van der Waals surface area contributed by atoms with Crippen molar-refractivity contribution >= 4 is 27.7 Å². The van der Waals surface area contributed by atoms with Crippen LogP contribution < -0.4 is 10.6 Å². The van der Waals surface area contributed by atoms with Crippen LogP contribution in [0.1, 0.15) is 27.2 Å². The highest BCUT2D eigenvalue weighted by atomic mass is 79.9. The molecule has 15 heavy (non-hydrogen) atoms. The Bertz CT molecular complexity index is 338. The highest BCUT2D eigenvalue weighted by molar-refractivity contribution is 9.10. The van der Waals surface area contributed by atoms with Crippen LogP contribution in [0.4, 0.5) is 11.8 Å². The first-order chi connectivity index (χ1) is 6.98. The third kappa shape index (κ3) is 3.34. The first-order valence-electron chi connectivity index (χ1n) is 4.97. The average Bonchev–Trinajstić information content (AvgIpc) is 2.21. The van der Waals surface area contributed by atoms with Gasteiger partial charge in [0.05, 0.1) is 4.47 Å². The van der Waals surface area contributed by atoms with E-state index in [2.05, 4.69) is 57.3 Å². The number of aromatic nitrogens is 2. The molecule has 0 aliphatic rings. The molecule has 0 spiro atoms. The number of halogens is 1. The summed E-state index contributed by atoms with van der Waals surface area (Å²) in [6, 6.07) is 0. The van der Waals surface area contributed by atoms with Crippen molar-refractivity contribution in [2.24, 2.45) is 0 Å². The second-order valence-corrected chi connectivity index (χ2v) is 4.86. The van der Waals surface area contributed by atoms with Gasteiger partial charge in [0.1, 0.15) is 5.82 Å². The predicted octanol–water partition coefficient (Wildman–Crippen LogP) is 2.88. The van der Waals surface area contributed by atoms with Crippen molar-refractivity contribution < 1.29 is 0 Å².